The molecule has 0 N–H and O–H groups in total. The Morgan fingerprint density at radius 2 is 1.54 bits per heavy atom. The van der Waals surface area contributed by atoms with Crippen LogP contribution in [0.2, 0.25) is 0 Å². The fourth-order valence-corrected chi connectivity index (χ4v) is 6.11. The van der Waals surface area contributed by atoms with Crippen LogP contribution in [-0.2, 0) is 21.4 Å². The number of rotatable bonds is 6. The molecule has 1 aliphatic carbocycles. The fourth-order valence-electron chi connectivity index (χ4n) is 4.66. The SMILES string of the molecule is CC1=NN(S(=O)(=O)c2ccc(C)cc2)[C@@H](C(=O)N(Cc2ccc(C)cc2)C2CCC(F)(F)CC2)C1. The molecule has 1 aliphatic heterocycles. The number of alkyl halides is 2. The molecule has 0 radical (unpaired) electrons. The molecule has 1 saturated carbocycles. The molecule has 0 saturated heterocycles. The number of sulfonamides is 1. The molecule has 35 heavy (non-hydrogen) atoms. The lowest BCUT2D eigenvalue weighted by atomic mass is 9.90. The van der Waals surface area contributed by atoms with Crippen molar-refractivity contribution in [3.05, 3.63) is 65.2 Å². The summed E-state index contributed by atoms with van der Waals surface area (Å²) in [5.41, 5.74) is 3.38. The predicted octanol–water partition coefficient (Wildman–Crippen LogP) is 5.05. The topological polar surface area (TPSA) is 70.0 Å². The summed E-state index contributed by atoms with van der Waals surface area (Å²) < 4.78 is 55.6. The highest BCUT2D eigenvalue weighted by Gasteiger charge is 2.44. The van der Waals surface area contributed by atoms with E-state index in [4.69, 9.17) is 0 Å². The first kappa shape index (κ1) is 25.3. The van der Waals surface area contributed by atoms with E-state index in [0.717, 1.165) is 21.1 Å². The van der Waals surface area contributed by atoms with E-state index < -0.39 is 33.9 Å². The first-order chi connectivity index (χ1) is 16.5. The maximum atomic E-state index is 13.9. The minimum absolute atomic E-state index is 0.0572. The van der Waals surface area contributed by atoms with Gasteiger partial charge in [0.1, 0.15) is 6.04 Å². The Kier molecular flexibility index (Phi) is 6.99. The first-order valence-corrected chi connectivity index (χ1v) is 13.3. The second-order valence-corrected chi connectivity index (χ2v) is 11.5. The predicted molar refractivity (Wildman–Crippen MR) is 131 cm³/mol. The zero-order chi connectivity index (χ0) is 25.4. The number of benzene rings is 2. The van der Waals surface area contributed by atoms with Gasteiger partial charge >= 0.3 is 0 Å². The molecule has 2 aromatic rings. The van der Waals surface area contributed by atoms with Gasteiger partial charge in [0.15, 0.2) is 0 Å². The first-order valence-electron chi connectivity index (χ1n) is 11.9. The zero-order valence-electron chi connectivity index (χ0n) is 20.2. The Bertz CT molecular complexity index is 1200. The number of hydrazone groups is 1. The summed E-state index contributed by atoms with van der Waals surface area (Å²) >= 11 is 0. The lowest BCUT2D eigenvalue weighted by Gasteiger charge is -2.39. The largest absolute Gasteiger partial charge is 0.333 e. The molecule has 4 rings (SSSR count). The van der Waals surface area contributed by atoms with Crippen LogP contribution in [0.1, 0.15) is 55.7 Å². The van der Waals surface area contributed by atoms with Crippen molar-refractivity contribution in [1.29, 1.82) is 0 Å². The molecule has 0 bridgehead atoms. The molecule has 0 unspecified atom stereocenters. The highest BCUT2D eigenvalue weighted by Crippen LogP contribution is 2.37. The molecule has 2 aromatic carbocycles. The number of halogens is 2. The highest BCUT2D eigenvalue weighted by molar-refractivity contribution is 7.89. The van der Waals surface area contributed by atoms with Gasteiger partial charge in [-0.2, -0.15) is 17.9 Å². The van der Waals surface area contributed by atoms with Gasteiger partial charge in [-0.3, -0.25) is 4.79 Å². The van der Waals surface area contributed by atoms with E-state index in [1.54, 1.807) is 24.0 Å². The van der Waals surface area contributed by atoms with Gasteiger partial charge in [0, 0.05) is 37.6 Å². The van der Waals surface area contributed by atoms with E-state index in [2.05, 4.69) is 5.10 Å². The molecule has 9 heteroatoms. The van der Waals surface area contributed by atoms with Crippen molar-refractivity contribution in [3.8, 4) is 0 Å². The third-order valence-electron chi connectivity index (χ3n) is 6.76. The summed E-state index contributed by atoms with van der Waals surface area (Å²) in [7, 11) is -4.07. The van der Waals surface area contributed by atoms with Crippen LogP contribution in [0, 0.1) is 13.8 Å². The van der Waals surface area contributed by atoms with Crippen molar-refractivity contribution < 1.29 is 22.0 Å². The van der Waals surface area contributed by atoms with Crippen molar-refractivity contribution in [2.24, 2.45) is 5.10 Å². The van der Waals surface area contributed by atoms with Crippen molar-refractivity contribution in [1.82, 2.24) is 9.31 Å². The molecule has 1 fully saturated rings. The number of nitrogens with zero attached hydrogens (tertiary/aromatic N) is 3. The summed E-state index contributed by atoms with van der Waals surface area (Å²) in [5.74, 6) is -3.14. The Morgan fingerprint density at radius 3 is 2.11 bits per heavy atom. The van der Waals surface area contributed by atoms with Gasteiger partial charge in [-0.05, 0) is 51.3 Å². The lowest BCUT2D eigenvalue weighted by Crippen LogP contribution is -2.51. The molecule has 0 spiro atoms. The molecule has 0 aromatic heterocycles. The number of carbonyl (C=O) groups is 1. The van der Waals surface area contributed by atoms with Crippen LogP contribution in [0.3, 0.4) is 0 Å². The second-order valence-electron chi connectivity index (χ2n) is 9.68. The quantitative estimate of drug-likeness (QED) is 0.554. The summed E-state index contributed by atoms with van der Waals surface area (Å²) in [6.45, 7) is 5.74. The summed E-state index contributed by atoms with van der Waals surface area (Å²) in [5, 5.41) is 4.23. The highest BCUT2D eigenvalue weighted by atomic mass is 32.2. The van der Waals surface area contributed by atoms with E-state index in [9.17, 15) is 22.0 Å². The number of carbonyl (C=O) groups excluding carboxylic acids is 1. The van der Waals surface area contributed by atoms with Crippen LogP contribution >= 0.6 is 0 Å². The van der Waals surface area contributed by atoms with Crippen molar-refractivity contribution in [2.75, 3.05) is 0 Å². The number of hydrogen-bond donors (Lipinski definition) is 0. The van der Waals surface area contributed by atoms with Crippen LogP contribution in [0.5, 0.6) is 0 Å². The standard InChI is InChI=1S/C26H31F2N3O3S/c1-18-4-8-21(9-5-18)17-30(22-12-14-26(27,28)15-13-22)25(32)24-16-20(3)29-31(24)35(33,34)23-10-6-19(2)7-11-23/h4-11,22,24H,12-17H2,1-3H3/t24-/m1/s1. The van der Waals surface area contributed by atoms with E-state index in [0.29, 0.717) is 5.71 Å². The lowest BCUT2D eigenvalue weighted by molar-refractivity contribution is -0.141. The fraction of sp³-hybridized carbons (Fsp3) is 0.462. The molecule has 1 amide bonds. The molecule has 6 nitrogen and oxygen atoms in total. The van der Waals surface area contributed by atoms with Gasteiger partial charge < -0.3 is 4.90 Å². The molecular formula is C26H31F2N3O3S. The van der Waals surface area contributed by atoms with Gasteiger partial charge in [0.2, 0.25) is 11.8 Å². The van der Waals surface area contributed by atoms with E-state index >= 15 is 0 Å². The van der Waals surface area contributed by atoms with E-state index in [1.807, 2.05) is 38.1 Å². The monoisotopic (exact) mass is 503 g/mol. The maximum absolute atomic E-state index is 13.9. The Balaban J connectivity index is 1.65. The van der Waals surface area contributed by atoms with Crippen LogP contribution in [0.4, 0.5) is 8.78 Å². The van der Waals surface area contributed by atoms with E-state index in [-0.39, 0.29) is 43.5 Å². The van der Waals surface area contributed by atoms with Crippen LogP contribution in [-0.4, -0.2) is 47.4 Å². The second kappa shape index (κ2) is 9.68. The number of amides is 1. The Morgan fingerprint density at radius 1 is 1.00 bits per heavy atom. The number of hydrogen-bond acceptors (Lipinski definition) is 4. The van der Waals surface area contributed by atoms with Gasteiger partial charge in [0.25, 0.3) is 10.0 Å². The molecule has 1 atom stereocenters. The van der Waals surface area contributed by atoms with Gasteiger partial charge in [-0.15, -0.1) is 0 Å². The van der Waals surface area contributed by atoms with E-state index in [1.165, 1.54) is 12.1 Å². The van der Waals surface area contributed by atoms with Gasteiger partial charge in [0.05, 0.1) is 4.90 Å². The van der Waals surface area contributed by atoms with Crippen molar-refractivity contribution in [2.45, 2.75) is 82.3 Å². The number of aryl methyl sites for hydroxylation is 2. The zero-order valence-corrected chi connectivity index (χ0v) is 21.1. The smallest absolute Gasteiger partial charge is 0.279 e. The maximum Gasteiger partial charge on any atom is 0.279 e. The van der Waals surface area contributed by atoms with Crippen LogP contribution in [0.15, 0.2) is 58.5 Å². The van der Waals surface area contributed by atoms with Crippen molar-refractivity contribution >= 4 is 21.6 Å². The molecule has 2 aliphatic rings. The van der Waals surface area contributed by atoms with Crippen molar-refractivity contribution in [3.63, 3.8) is 0 Å². The van der Waals surface area contributed by atoms with Gasteiger partial charge in [-0.1, -0.05) is 47.5 Å². The third-order valence-corrected chi connectivity index (χ3v) is 8.46. The minimum atomic E-state index is -4.07. The van der Waals surface area contributed by atoms with Gasteiger partial charge in [-0.25, -0.2) is 8.78 Å². The summed E-state index contributed by atoms with van der Waals surface area (Å²) in [6.07, 6.45) is -0.0806. The average molecular weight is 504 g/mol. The summed E-state index contributed by atoms with van der Waals surface area (Å²) in [6, 6.07) is 12.6. The Labute approximate surface area is 205 Å². The van der Waals surface area contributed by atoms with Crippen LogP contribution in [0.25, 0.3) is 0 Å². The minimum Gasteiger partial charge on any atom is -0.333 e. The third kappa shape index (κ3) is 5.55. The molecule has 1 heterocycles. The Hall–Kier alpha value is -2.81. The molecule has 188 valence electrons. The van der Waals surface area contributed by atoms with Crippen LogP contribution < -0.4 is 0 Å². The normalized spacial score (nSPS) is 20.5. The average Bonchev–Trinajstić information content (AvgIpc) is 3.21. The summed E-state index contributed by atoms with van der Waals surface area (Å²) in [4.78, 5) is 15.6. The molecular weight excluding hydrogens is 472 g/mol.